The average molecular weight is 374 g/mol. The van der Waals surface area contributed by atoms with Crippen LogP contribution in [-0.4, -0.2) is 38.3 Å². The van der Waals surface area contributed by atoms with Gasteiger partial charge in [-0.05, 0) is 35.9 Å². The highest BCUT2D eigenvalue weighted by Crippen LogP contribution is 2.29. The fourth-order valence-corrected chi connectivity index (χ4v) is 2.99. The summed E-state index contributed by atoms with van der Waals surface area (Å²) in [7, 11) is 7.06. The number of hydrogen-bond acceptors (Lipinski definition) is 6. The Bertz CT molecular complexity index is 1030. The van der Waals surface area contributed by atoms with Crippen molar-refractivity contribution in [3.8, 4) is 28.8 Å². The van der Waals surface area contributed by atoms with Crippen LogP contribution in [0.2, 0.25) is 0 Å². The molecule has 3 rings (SSSR count). The van der Waals surface area contributed by atoms with Crippen LogP contribution in [-0.2, 0) is 6.42 Å². The molecule has 28 heavy (non-hydrogen) atoms. The monoisotopic (exact) mass is 374 g/mol. The van der Waals surface area contributed by atoms with Crippen molar-refractivity contribution in [3.05, 3.63) is 65.6 Å². The first-order valence-corrected chi connectivity index (χ1v) is 8.80. The van der Waals surface area contributed by atoms with Gasteiger partial charge in [-0.15, -0.1) is 0 Å². The van der Waals surface area contributed by atoms with Crippen LogP contribution >= 0.6 is 0 Å². The summed E-state index contributed by atoms with van der Waals surface area (Å²) in [5, 5.41) is 9.45. The van der Waals surface area contributed by atoms with Crippen molar-refractivity contribution in [1.82, 2.24) is 9.97 Å². The lowest BCUT2D eigenvalue weighted by Gasteiger charge is -2.15. The smallest absolute Gasteiger partial charge is 0.161 e. The summed E-state index contributed by atoms with van der Waals surface area (Å²) < 4.78 is 10.6. The number of nitrogens with zero attached hydrogens (tertiary/aromatic N) is 4. The molecule has 6 heteroatoms. The third kappa shape index (κ3) is 4.04. The second kappa shape index (κ2) is 8.40. The fourth-order valence-electron chi connectivity index (χ4n) is 2.99. The molecule has 0 aliphatic rings. The Morgan fingerprint density at radius 1 is 1.00 bits per heavy atom. The number of benzene rings is 2. The molecule has 3 aromatic rings. The van der Waals surface area contributed by atoms with E-state index in [9.17, 15) is 5.26 Å². The topological polar surface area (TPSA) is 71.3 Å². The summed E-state index contributed by atoms with van der Waals surface area (Å²) in [5.74, 6) is 2.06. The predicted molar refractivity (Wildman–Crippen MR) is 109 cm³/mol. The van der Waals surface area contributed by atoms with Crippen molar-refractivity contribution < 1.29 is 9.47 Å². The van der Waals surface area contributed by atoms with E-state index in [-0.39, 0.29) is 0 Å². The van der Waals surface area contributed by atoms with Crippen LogP contribution in [0.25, 0.3) is 11.3 Å². The summed E-state index contributed by atoms with van der Waals surface area (Å²) >= 11 is 0. The van der Waals surface area contributed by atoms with Gasteiger partial charge in [0.15, 0.2) is 11.5 Å². The first-order chi connectivity index (χ1) is 13.5. The molecule has 0 unspecified atom stereocenters. The lowest BCUT2D eigenvalue weighted by atomic mass is 10.1. The molecule has 0 amide bonds. The minimum Gasteiger partial charge on any atom is -0.493 e. The molecular weight excluding hydrogens is 352 g/mol. The zero-order valence-corrected chi connectivity index (χ0v) is 16.4. The Hall–Kier alpha value is -3.59. The highest BCUT2D eigenvalue weighted by atomic mass is 16.5. The SMILES string of the molecule is COc1ccc(Cc2nccc(-c3ccc(N(C)C)c(C#N)c3)n2)cc1OC. The van der Waals surface area contributed by atoms with Crippen molar-refractivity contribution in [2.24, 2.45) is 0 Å². The molecule has 2 aromatic carbocycles. The van der Waals surface area contributed by atoms with E-state index in [0.29, 0.717) is 29.3 Å². The molecule has 0 fully saturated rings. The standard InChI is InChI=1S/C22H22N4O2/c1-26(2)19-7-6-16(13-17(19)14-23)18-9-10-24-22(25-18)12-15-5-8-20(27-3)21(11-15)28-4/h5-11,13H,12H2,1-4H3. The van der Waals surface area contributed by atoms with Gasteiger partial charge in [0.25, 0.3) is 0 Å². The van der Waals surface area contributed by atoms with E-state index in [0.717, 1.165) is 22.5 Å². The molecule has 142 valence electrons. The quantitative estimate of drug-likeness (QED) is 0.655. The van der Waals surface area contributed by atoms with Gasteiger partial charge in [0, 0.05) is 32.3 Å². The second-order valence-corrected chi connectivity index (χ2v) is 6.46. The van der Waals surface area contributed by atoms with Gasteiger partial charge >= 0.3 is 0 Å². The summed E-state index contributed by atoms with van der Waals surface area (Å²) in [5.41, 5.74) is 4.19. The maximum absolute atomic E-state index is 9.45. The second-order valence-electron chi connectivity index (χ2n) is 6.46. The van der Waals surface area contributed by atoms with Crippen molar-refractivity contribution in [2.75, 3.05) is 33.2 Å². The Labute approximate surface area is 165 Å². The largest absolute Gasteiger partial charge is 0.493 e. The third-order valence-corrected chi connectivity index (χ3v) is 4.41. The lowest BCUT2D eigenvalue weighted by molar-refractivity contribution is 0.354. The van der Waals surface area contributed by atoms with Crippen LogP contribution in [0.4, 0.5) is 5.69 Å². The maximum atomic E-state index is 9.45. The van der Waals surface area contributed by atoms with Crippen LogP contribution in [0, 0.1) is 11.3 Å². The number of anilines is 1. The predicted octanol–water partition coefficient (Wildman–Crippen LogP) is 3.69. The van der Waals surface area contributed by atoms with Crippen LogP contribution in [0.5, 0.6) is 11.5 Å². The Morgan fingerprint density at radius 2 is 1.79 bits per heavy atom. The zero-order chi connectivity index (χ0) is 20.1. The molecule has 0 bridgehead atoms. The van der Waals surface area contributed by atoms with Crippen LogP contribution < -0.4 is 14.4 Å². The summed E-state index contributed by atoms with van der Waals surface area (Å²) in [6.45, 7) is 0. The minimum absolute atomic E-state index is 0.565. The minimum atomic E-state index is 0.565. The molecule has 0 saturated carbocycles. The van der Waals surface area contributed by atoms with Crippen LogP contribution in [0.3, 0.4) is 0 Å². The van der Waals surface area contributed by atoms with E-state index in [2.05, 4.69) is 16.0 Å². The van der Waals surface area contributed by atoms with E-state index < -0.39 is 0 Å². The van der Waals surface area contributed by atoms with Crippen molar-refractivity contribution in [3.63, 3.8) is 0 Å². The Morgan fingerprint density at radius 3 is 2.46 bits per heavy atom. The van der Waals surface area contributed by atoms with Crippen molar-refractivity contribution in [1.29, 1.82) is 5.26 Å². The maximum Gasteiger partial charge on any atom is 0.161 e. The normalized spacial score (nSPS) is 10.2. The molecular formula is C22H22N4O2. The van der Waals surface area contributed by atoms with E-state index in [1.807, 2.05) is 61.5 Å². The molecule has 0 N–H and O–H groups in total. The van der Waals surface area contributed by atoms with Gasteiger partial charge < -0.3 is 14.4 Å². The van der Waals surface area contributed by atoms with Crippen LogP contribution in [0.1, 0.15) is 17.0 Å². The number of hydrogen-bond donors (Lipinski definition) is 0. The lowest BCUT2D eigenvalue weighted by Crippen LogP contribution is -2.10. The molecule has 0 saturated heterocycles. The van der Waals surface area contributed by atoms with Crippen molar-refractivity contribution in [2.45, 2.75) is 6.42 Å². The van der Waals surface area contributed by atoms with Crippen LogP contribution in [0.15, 0.2) is 48.7 Å². The fraction of sp³-hybridized carbons (Fsp3) is 0.227. The average Bonchev–Trinajstić information content (AvgIpc) is 2.73. The Kier molecular flexibility index (Phi) is 5.75. The van der Waals surface area contributed by atoms with Gasteiger partial charge in [0.05, 0.1) is 31.2 Å². The molecule has 0 aliphatic carbocycles. The van der Waals surface area contributed by atoms with Gasteiger partial charge in [-0.25, -0.2) is 9.97 Å². The number of nitriles is 1. The van der Waals surface area contributed by atoms with Crippen molar-refractivity contribution >= 4 is 5.69 Å². The van der Waals surface area contributed by atoms with E-state index in [1.54, 1.807) is 20.4 Å². The first-order valence-electron chi connectivity index (χ1n) is 8.80. The number of rotatable bonds is 6. The molecule has 0 radical (unpaired) electrons. The van der Waals surface area contributed by atoms with Gasteiger partial charge in [0.2, 0.25) is 0 Å². The molecule has 0 atom stereocenters. The summed E-state index contributed by atoms with van der Waals surface area (Å²) in [6.07, 6.45) is 2.30. The van der Waals surface area contributed by atoms with Gasteiger partial charge in [-0.3, -0.25) is 0 Å². The molecule has 0 spiro atoms. The number of methoxy groups -OCH3 is 2. The van der Waals surface area contributed by atoms with E-state index in [1.165, 1.54) is 0 Å². The molecule has 1 aromatic heterocycles. The zero-order valence-electron chi connectivity index (χ0n) is 16.4. The third-order valence-electron chi connectivity index (χ3n) is 4.41. The highest BCUT2D eigenvalue weighted by Gasteiger charge is 2.10. The number of ether oxygens (including phenoxy) is 2. The Balaban J connectivity index is 1.90. The van der Waals surface area contributed by atoms with Gasteiger partial charge in [-0.2, -0.15) is 5.26 Å². The highest BCUT2D eigenvalue weighted by molar-refractivity contribution is 5.69. The molecule has 6 nitrogen and oxygen atoms in total. The van der Waals surface area contributed by atoms with E-state index in [4.69, 9.17) is 9.47 Å². The summed E-state index contributed by atoms with van der Waals surface area (Å²) in [4.78, 5) is 11.0. The number of aromatic nitrogens is 2. The van der Waals surface area contributed by atoms with Gasteiger partial charge in [0.1, 0.15) is 11.9 Å². The molecule has 1 heterocycles. The van der Waals surface area contributed by atoms with Gasteiger partial charge in [-0.1, -0.05) is 12.1 Å². The molecule has 0 aliphatic heterocycles. The van der Waals surface area contributed by atoms with E-state index >= 15 is 0 Å². The summed E-state index contributed by atoms with van der Waals surface area (Å²) in [6, 6.07) is 15.6. The first kappa shape index (κ1) is 19.2.